The Bertz CT molecular complexity index is 458. The molecule has 2 aromatic carbocycles. The zero-order chi connectivity index (χ0) is 13.3. The fourth-order valence-electron chi connectivity index (χ4n) is 1.45. The molecule has 0 radical (unpaired) electrons. The van der Waals surface area contributed by atoms with Gasteiger partial charge in [-0.1, -0.05) is 48.6 Å². The summed E-state index contributed by atoms with van der Waals surface area (Å²) in [5.41, 5.74) is 2.34. The molecule has 0 N–H and O–H groups in total. The van der Waals surface area contributed by atoms with Gasteiger partial charge in [0.05, 0.1) is 0 Å². The molecule has 0 bridgehead atoms. The minimum Gasteiger partial charge on any atom is -0.346 e. The van der Waals surface area contributed by atoms with Crippen LogP contribution in [0.2, 0.25) is 0 Å². The Balaban J connectivity index is 0. The Kier molecular flexibility index (Phi) is 12.0. The minimum absolute atomic E-state index is 0. The Morgan fingerprint density at radius 1 is 0.889 bits per heavy atom. The van der Waals surface area contributed by atoms with Crippen molar-refractivity contribution in [2.45, 2.75) is 20.8 Å². The molecule has 2 rings (SSSR count). The summed E-state index contributed by atoms with van der Waals surface area (Å²) in [7, 11) is 0. The van der Waals surface area contributed by atoms with E-state index in [9.17, 15) is 0 Å². The van der Waals surface area contributed by atoms with Crippen molar-refractivity contribution in [1.82, 2.24) is 0 Å². The van der Waals surface area contributed by atoms with Crippen LogP contribution in [-0.2, 0) is 19.5 Å². The van der Waals surface area contributed by atoms with Gasteiger partial charge in [-0.05, 0) is 29.3 Å². The first-order valence-corrected chi connectivity index (χ1v) is 5.83. The van der Waals surface area contributed by atoms with E-state index in [0.29, 0.717) is 0 Å². The summed E-state index contributed by atoms with van der Waals surface area (Å²) in [5, 5.41) is 2.57. The van der Waals surface area contributed by atoms with Crippen molar-refractivity contribution >= 4 is 16.3 Å². The second-order valence-electron chi connectivity index (χ2n) is 3.34. The van der Waals surface area contributed by atoms with Gasteiger partial charge in [-0.15, -0.1) is 0 Å². The molecule has 0 heterocycles. The van der Waals surface area contributed by atoms with E-state index in [4.69, 9.17) is 0 Å². The number of hydrogen-bond donors (Lipinski definition) is 0. The monoisotopic (exact) mass is 290 g/mol. The van der Waals surface area contributed by atoms with Gasteiger partial charge in [0, 0.05) is 0 Å². The summed E-state index contributed by atoms with van der Waals surface area (Å²) in [6, 6.07) is 14.8. The van der Waals surface area contributed by atoms with Crippen molar-refractivity contribution < 1.29 is 19.5 Å². The van der Waals surface area contributed by atoms with Crippen molar-refractivity contribution in [3.8, 4) is 0 Å². The number of allylic oxidation sites excluding steroid dienone is 1. The Morgan fingerprint density at radius 3 is 1.89 bits per heavy atom. The standard InChI is InChI=1S/C13H12.2C2H5.Zn/c1-10(2)12-8-7-11-5-3-4-6-13(11)9-12;2*1-2;/h3-9H,1H2,2H3;2*1H2,2H3;/q;2*-1;+2. The summed E-state index contributed by atoms with van der Waals surface area (Å²) in [6.45, 7) is 16.0. The third kappa shape index (κ3) is 5.60. The number of benzene rings is 2. The molecule has 2 aromatic rings. The summed E-state index contributed by atoms with van der Waals surface area (Å²) < 4.78 is 0. The Morgan fingerprint density at radius 2 is 1.39 bits per heavy atom. The topological polar surface area (TPSA) is 0 Å². The van der Waals surface area contributed by atoms with Gasteiger partial charge in [-0.25, -0.2) is 0 Å². The Hall–Kier alpha value is -0.937. The van der Waals surface area contributed by atoms with Gasteiger partial charge >= 0.3 is 19.5 Å². The van der Waals surface area contributed by atoms with E-state index in [2.05, 4.69) is 62.9 Å². The van der Waals surface area contributed by atoms with Crippen molar-refractivity contribution in [1.29, 1.82) is 0 Å². The quantitative estimate of drug-likeness (QED) is 0.477. The minimum atomic E-state index is 0. The molecule has 0 atom stereocenters. The van der Waals surface area contributed by atoms with Crippen molar-refractivity contribution in [3.05, 3.63) is 68.5 Å². The molecule has 0 saturated heterocycles. The van der Waals surface area contributed by atoms with Crippen LogP contribution in [-0.4, -0.2) is 0 Å². The summed E-state index contributed by atoms with van der Waals surface area (Å²) in [6.07, 6.45) is 0. The molecule has 92 valence electrons. The van der Waals surface area contributed by atoms with Crippen LogP contribution in [0.1, 0.15) is 26.3 Å². The van der Waals surface area contributed by atoms with Crippen molar-refractivity contribution in [2.75, 3.05) is 0 Å². The molecule has 0 amide bonds. The van der Waals surface area contributed by atoms with Crippen molar-refractivity contribution in [3.63, 3.8) is 0 Å². The van der Waals surface area contributed by atoms with E-state index in [1.807, 2.05) is 6.92 Å². The first-order valence-electron chi connectivity index (χ1n) is 5.83. The maximum absolute atomic E-state index is 3.93. The first kappa shape index (κ1) is 19.4. The predicted octanol–water partition coefficient (Wildman–Crippen LogP) is 5.55. The van der Waals surface area contributed by atoms with Crippen LogP contribution in [0.25, 0.3) is 16.3 Å². The van der Waals surface area contributed by atoms with Gasteiger partial charge in [0.25, 0.3) is 0 Å². The van der Waals surface area contributed by atoms with E-state index in [-0.39, 0.29) is 19.5 Å². The molecule has 18 heavy (non-hydrogen) atoms. The molecule has 0 spiro atoms. The molecule has 0 fully saturated rings. The van der Waals surface area contributed by atoms with Crippen LogP contribution >= 0.6 is 0 Å². The molecule has 1 heteroatoms. The number of hydrogen-bond acceptors (Lipinski definition) is 0. The van der Waals surface area contributed by atoms with Gasteiger partial charge in [-0.2, -0.15) is 13.8 Å². The maximum Gasteiger partial charge on any atom is 2.00 e. The van der Waals surface area contributed by atoms with E-state index in [0.717, 1.165) is 5.57 Å². The number of fused-ring (bicyclic) bond motifs is 1. The molecule has 0 aliphatic carbocycles. The molecule has 0 saturated carbocycles. The van der Waals surface area contributed by atoms with Gasteiger partial charge < -0.3 is 13.8 Å². The predicted molar refractivity (Wildman–Crippen MR) is 80.7 cm³/mol. The van der Waals surface area contributed by atoms with Crippen LogP contribution in [0.15, 0.2) is 49.0 Å². The molecular formula is C17H22Zn. The van der Waals surface area contributed by atoms with Crippen LogP contribution < -0.4 is 0 Å². The summed E-state index contributed by atoms with van der Waals surface area (Å²) in [5.74, 6) is 0. The fourth-order valence-corrected chi connectivity index (χ4v) is 1.45. The second-order valence-corrected chi connectivity index (χ2v) is 3.34. The summed E-state index contributed by atoms with van der Waals surface area (Å²) in [4.78, 5) is 0. The molecular weight excluding hydrogens is 270 g/mol. The number of rotatable bonds is 1. The van der Waals surface area contributed by atoms with Crippen LogP contribution in [0.4, 0.5) is 0 Å². The first-order chi connectivity index (χ1) is 8.27. The zero-order valence-corrected chi connectivity index (χ0v) is 14.8. The average molecular weight is 292 g/mol. The molecule has 0 aliphatic heterocycles. The maximum atomic E-state index is 3.93. The van der Waals surface area contributed by atoms with E-state index in [1.165, 1.54) is 16.3 Å². The van der Waals surface area contributed by atoms with E-state index in [1.54, 1.807) is 13.8 Å². The zero-order valence-electron chi connectivity index (χ0n) is 11.9. The average Bonchev–Trinajstić information content (AvgIpc) is 2.42. The molecule has 0 aliphatic rings. The van der Waals surface area contributed by atoms with Crippen LogP contribution in [0.5, 0.6) is 0 Å². The van der Waals surface area contributed by atoms with Gasteiger partial charge in [0.2, 0.25) is 0 Å². The smallest absolute Gasteiger partial charge is 0.346 e. The van der Waals surface area contributed by atoms with Gasteiger partial charge in [-0.3, -0.25) is 0 Å². The van der Waals surface area contributed by atoms with Crippen LogP contribution in [0.3, 0.4) is 0 Å². The van der Waals surface area contributed by atoms with E-state index < -0.39 is 0 Å². The van der Waals surface area contributed by atoms with E-state index >= 15 is 0 Å². The van der Waals surface area contributed by atoms with Crippen LogP contribution in [0, 0.1) is 13.8 Å². The fraction of sp³-hybridized carbons (Fsp3) is 0.176. The molecule has 0 aromatic heterocycles. The van der Waals surface area contributed by atoms with Gasteiger partial charge in [0.15, 0.2) is 0 Å². The largest absolute Gasteiger partial charge is 2.00 e. The SMILES string of the molecule is C=C(C)c1ccc2ccccc2c1.[CH2-]C.[CH2-]C.[Zn+2]. The summed E-state index contributed by atoms with van der Waals surface area (Å²) >= 11 is 0. The second kappa shape index (κ2) is 11.2. The molecule has 0 nitrogen and oxygen atoms in total. The normalized spacial score (nSPS) is 8.06. The van der Waals surface area contributed by atoms with Gasteiger partial charge in [0.1, 0.15) is 0 Å². The third-order valence-electron chi connectivity index (χ3n) is 2.24. The Labute approximate surface area is 125 Å². The molecule has 0 unspecified atom stereocenters. The van der Waals surface area contributed by atoms with Crippen molar-refractivity contribution in [2.24, 2.45) is 0 Å². The third-order valence-corrected chi connectivity index (χ3v) is 2.24.